The number of aromatic carboxylic acids is 3. The Morgan fingerprint density at radius 2 is 0.728 bits per heavy atom. The van der Waals surface area contributed by atoms with E-state index in [2.05, 4.69) is 40.9 Å². The van der Waals surface area contributed by atoms with Crippen molar-refractivity contribution >= 4 is 137 Å². The second-order valence-corrected chi connectivity index (χ2v) is 22.7. The van der Waals surface area contributed by atoms with Crippen LogP contribution in [-0.2, 0) is 40.5 Å². The van der Waals surface area contributed by atoms with Gasteiger partial charge in [0, 0.05) is 16.7 Å². The summed E-state index contributed by atoms with van der Waals surface area (Å²) in [7, 11) is -19.3. The number of carbonyl (C=O) groups excluding carboxylic acids is 3. The number of azo groups is 4. The summed E-state index contributed by atoms with van der Waals surface area (Å²) in [5, 5.41) is 86.4. The molecule has 0 spiro atoms. The molecule has 440 valence electrons. The Balaban J connectivity index is 0.00000167. The fourth-order valence-corrected chi connectivity index (χ4v) is 10.2. The molecule has 0 aliphatic rings. The number of carbonyl (C=O) groups is 3. The van der Waals surface area contributed by atoms with Crippen LogP contribution in [0.25, 0.3) is 21.5 Å². The third kappa shape index (κ3) is 20.9. The maximum Gasteiger partial charge on any atom is 1.00 e. The normalized spacial score (nSPS) is 11.4. The number of fused-ring (bicyclic) bond motifs is 2. The zero-order valence-corrected chi connectivity index (χ0v) is 67.2. The van der Waals surface area contributed by atoms with Gasteiger partial charge in [0.2, 0.25) is 0 Å². The monoisotopic (exact) mass is 1400 g/mol. The van der Waals surface area contributed by atoms with Crippen molar-refractivity contribution in [2.75, 3.05) is 18.6 Å². The smallest absolute Gasteiger partial charge is 0.744 e. The van der Waals surface area contributed by atoms with Crippen LogP contribution in [-0.4, -0.2) is 87.1 Å². The van der Waals surface area contributed by atoms with Gasteiger partial charge in [0.05, 0.1) is 83.8 Å². The molecular formula is C50H33N10Na7O21S4. The first kappa shape index (κ1) is 88.7. The number of nitrogen functional groups attached to an aromatic ring is 2. The minimum atomic E-state index is -5.32. The summed E-state index contributed by atoms with van der Waals surface area (Å²) >= 11 is 0. The molecule has 0 heterocycles. The molecule has 0 saturated heterocycles. The number of hydrogen-bond donors (Lipinski definition) is 4. The Kier molecular flexibility index (Phi) is 35.1. The van der Waals surface area contributed by atoms with Crippen LogP contribution in [0.5, 0.6) is 17.2 Å². The van der Waals surface area contributed by atoms with Crippen molar-refractivity contribution in [1.29, 1.82) is 0 Å². The molecule has 6 N–H and O–H groups in total. The van der Waals surface area contributed by atoms with Crippen LogP contribution >= 0.6 is 0 Å². The van der Waals surface area contributed by atoms with Crippen LogP contribution in [0.3, 0.4) is 0 Å². The van der Waals surface area contributed by atoms with Crippen molar-refractivity contribution in [3.63, 3.8) is 0 Å². The first-order valence-electron chi connectivity index (χ1n) is 23.0. The third-order valence-electron chi connectivity index (χ3n) is 11.8. The number of carboxylic acids is 3. The van der Waals surface area contributed by atoms with Gasteiger partial charge in [-0.15, -0.1) is 40.9 Å². The fraction of sp³-hybridized carbons (Fsp3) is 0.0600. The van der Waals surface area contributed by atoms with Crippen LogP contribution in [0.4, 0.5) is 56.9 Å². The molecule has 0 amide bonds. The number of carboxylic acid groups (broad SMARTS) is 3. The number of methoxy groups -OCH3 is 1. The van der Waals surface area contributed by atoms with E-state index in [0.29, 0.717) is 12.1 Å². The molecule has 0 fully saturated rings. The minimum Gasteiger partial charge on any atom is -0.744 e. The molecule has 0 aliphatic heterocycles. The van der Waals surface area contributed by atoms with Gasteiger partial charge in [-0.05, 0) is 109 Å². The molecule has 0 aliphatic carbocycles. The quantitative estimate of drug-likeness (QED) is 0.0302. The zero-order chi connectivity index (χ0) is 62.8. The van der Waals surface area contributed by atoms with E-state index in [1.807, 2.05) is 0 Å². The standard InChI is InChI=1S/C25H19N5O11S2.C25H21N5O10S2.7Na/c1-11-8-12-9-18(43(39,40)41)22(30-28-17-7-6-13(42(36,37)38)10-15(17)25(34)35)20(26)19(12)23(31)21(11)29-27-16-5-3-2-4-14(16)24(32)33;1-12-9-13-10-19(42(37,38)39)23(30-28-17-8-7-14(41(34,35)36)11-18(17)40-2)21(26)20(13)24(31)22(12)29-27-16-6-4-3-5-15(16)25(32)33;;;;;;;/h2-10,31H,26H2,1H3,(H,32,33)(H,34,35)(H,36,37,38)(H,39,40,41);3-11,31H,26H2,1-2H3,(H,32,33)(H,34,35,36)(H,37,38,39);;;;;;;/q;;7*+1/p-7. The summed E-state index contributed by atoms with van der Waals surface area (Å²) in [6.45, 7) is 2.94. The van der Waals surface area contributed by atoms with E-state index in [1.54, 1.807) is 0 Å². The summed E-state index contributed by atoms with van der Waals surface area (Å²) < 4.78 is 146. The van der Waals surface area contributed by atoms with Crippen LogP contribution in [0.2, 0.25) is 0 Å². The number of nitrogens with two attached hydrogens (primary N) is 2. The second-order valence-electron chi connectivity index (χ2n) is 17.3. The van der Waals surface area contributed by atoms with Gasteiger partial charge in [-0.1, -0.05) is 36.4 Å². The molecule has 92 heavy (non-hydrogen) atoms. The first-order valence-corrected chi connectivity index (χ1v) is 28.6. The molecule has 0 aromatic heterocycles. The number of anilines is 2. The van der Waals surface area contributed by atoms with Crippen molar-refractivity contribution in [1.82, 2.24) is 0 Å². The number of aromatic hydroxyl groups is 2. The van der Waals surface area contributed by atoms with Crippen LogP contribution in [0, 0.1) is 13.8 Å². The zero-order valence-electron chi connectivity index (χ0n) is 49.9. The van der Waals surface area contributed by atoms with E-state index < -0.39 is 123 Å². The Hall–Kier alpha value is -3.27. The summed E-state index contributed by atoms with van der Waals surface area (Å²) in [6.07, 6.45) is 0. The van der Waals surface area contributed by atoms with Gasteiger partial charge in [0.1, 0.15) is 74.7 Å². The largest absolute Gasteiger partial charge is 1.00 e. The molecule has 0 radical (unpaired) electrons. The number of nitrogens with zero attached hydrogens (tertiary/aromatic N) is 8. The van der Waals surface area contributed by atoms with Crippen LogP contribution in [0.15, 0.2) is 170 Å². The molecule has 0 bridgehead atoms. The van der Waals surface area contributed by atoms with E-state index >= 15 is 0 Å². The van der Waals surface area contributed by atoms with E-state index in [-0.39, 0.29) is 285 Å². The average Bonchev–Trinajstić information content (AvgIpc) is 0.832. The van der Waals surface area contributed by atoms with Gasteiger partial charge in [-0.3, -0.25) is 0 Å². The maximum absolute atomic E-state index is 12.1. The molecule has 0 unspecified atom stereocenters. The van der Waals surface area contributed by atoms with E-state index in [0.717, 1.165) is 43.5 Å². The van der Waals surface area contributed by atoms with Crippen LogP contribution < -0.4 is 238 Å². The first-order chi connectivity index (χ1) is 39.6. The topological polar surface area (TPSA) is 550 Å². The maximum atomic E-state index is 12.1. The van der Waals surface area contributed by atoms with Crippen molar-refractivity contribution in [3.05, 3.63) is 137 Å². The summed E-state index contributed by atoms with van der Waals surface area (Å²) in [6, 6.07) is 20.2. The van der Waals surface area contributed by atoms with Gasteiger partial charge in [-0.25, -0.2) is 33.7 Å². The molecule has 8 aromatic carbocycles. The molecule has 0 atom stereocenters. The van der Waals surface area contributed by atoms with Gasteiger partial charge < -0.3 is 74.3 Å². The number of phenols is 2. The number of aryl methyl sites for hydroxylation is 2. The molecular weight excluding hydrogens is 1370 g/mol. The van der Waals surface area contributed by atoms with Crippen LogP contribution in [0.1, 0.15) is 42.2 Å². The van der Waals surface area contributed by atoms with E-state index in [4.69, 9.17) is 16.2 Å². The van der Waals surface area contributed by atoms with Gasteiger partial charge >= 0.3 is 207 Å². The predicted molar refractivity (Wildman–Crippen MR) is 283 cm³/mol. The van der Waals surface area contributed by atoms with Crippen molar-refractivity contribution in [2.45, 2.75) is 33.4 Å². The summed E-state index contributed by atoms with van der Waals surface area (Å²) in [5.41, 5.74) is 7.40. The van der Waals surface area contributed by atoms with Gasteiger partial charge in [-0.2, -0.15) is 0 Å². The molecule has 8 aromatic rings. The van der Waals surface area contributed by atoms with Crippen molar-refractivity contribution < 1.29 is 303 Å². The minimum absolute atomic E-state index is 0. The molecule has 8 rings (SSSR count). The predicted octanol–water partition coefficient (Wildman–Crippen LogP) is -15.7. The Morgan fingerprint density at radius 3 is 1.07 bits per heavy atom. The van der Waals surface area contributed by atoms with Crippen molar-refractivity contribution in [3.8, 4) is 17.2 Å². The second kappa shape index (κ2) is 36.4. The number of ether oxygens (including phenoxy) is 1. The SMILES string of the molecule is COc1cc(S(=O)(=O)[O-])ccc1N=Nc1c(S(=O)(=O)[O-])cc2cc(C)c(N=Nc3ccccc3C(=O)[O-])c(O)c2c1N.Cc1cc2cc(S(=O)(=O)[O-])c(N=Nc3ccc(S(=O)(=O)[O-])cc3C(=O)[O-])c(N)c2c(O)c1N=Nc1ccccc1C(=O)[O-].[Na+].[Na+].[Na+].[Na+].[Na+].[Na+].[Na+]. The summed E-state index contributed by atoms with van der Waals surface area (Å²) in [4.78, 5) is 30.8. The molecule has 42 heteroatoms. The molecule has 0 saturated carbocycles. The fourth-order valence-electron chi connectivity index (χ4n) is 7.89. The number of phenolic OH excluding ortho intramolecular Hbond substituents is 2. The number of hydrogen-bond acceptors (Lipinski definition) is 31. The van der Waals surface area contributed by atoms with E-state index in [9.17, 15) is 91.8 Å². The summed E-state index contributed by atoms with van der Waals surface area (Å²) in [5.74, 6) is -6.49. The Bertz CT molecular complexity index is 4800. The average molecular weight is 1400 g/mol. The van der Waals surface area contributed by atoms with E-state index in [1.165, 1.54) is 74.5 Å². The number of rotatable bonds is 16. The molecule has 31 nitrogen and oxygen atoms in total. The number of benzene rings is 8. The van der Waals surface area contributed by atoms with Gasteiger partial charge in [0.15, 0.2) is 11.5 Å². The Labute approximate surface area is 677 Å². The van der Waals surface area contributed by atoms with Crippen molar-refractivity contribution in [2.24, 2.45) is 40.9 Å². The third-order valence-corrected chi connectivity index (χ3v) is 15.2. The van der Waals surface area contributed by atoms with Gasteiger partial charge in [0.25, 0.3) is 0 Å². The Morgan fingerprint density at radius 1 is 0.413 bits per heavy atom.